The molecule has 2 bridgehead atoms. The van der Waals surface area contributed by atoms with Crippen LogP contribution in [0.1, 0.15) is 131 Å². The van der Waals surface area contributed by atoms with Crippen molar-refractivity contribution in [1.29, 1.82) is 0 Å². The fourth-order valence-corrected chi connectivity index (χ4v) is 13.4. The maximum Gasteiger partial charge on any atom is 0.327 e. The molecule has 4 aliphatic carbocycles. The number of epoxide rings is 1. The van der Waals surface area contributed by atoms with Gasteiger partial charge in [-0.25, -0.2) is 0 Å². The topological polar surface area (TPSA) is 174 Å². The molecule has 1 spiro atoms. The summed E-state index contributed by atoms with van der Waals surface area (Å²) < 4.78 is 31.7. The summed E-state index contributed by atoms with van der Waals surface area (Å²) in [5.41, 5.74) is 5.11. The molecular weight excluding hydrogens is 903 g/mol. The van der Waals surface area contributed by atoms with Gasteiger partial charge in [0.2, 0.25) is 5.91 Å². The minimum absolute atomic E-state index is 0.0285. The van der Waals surface area contributed by atoms with E-state index in [1.165, 1.54) is 18.4 Å². The molecule has 4 aliphatic heterocycles. The van der Waals surface area contributed by atoms with Crippen molar-refractivity contribution in [1.82, 2.24) is 15.7 Å². The third-order valence-electron chi connectivity index (χ3n) is 17.1. The maximum absolute atomic E-state index is 15.2. The second-order valence-corrected chi connectivity index (χ2v) is 23.6. The third kappa shape index (κ3) is 9.05. The zero-order valence-electron chi connectivity index (χ0n) is 41.9. The zero-order chi connectivity index (χ0) is 49.7. The van der Waals surface area contributed by atoms with Crippen molar-refractivity contribution in [2.24, 2.45) is 22.7 Å². The van der Waals surface area contributed by atoms with E-state index < -0.39 is 71.1 Å². The lowest BCUT2D eigenvalue weighted by Gasteiger charge is -2.53. The van der Waals surface area contributed by atoms with E-state index >= 15 is 4.79 Å². The van der Waals surface area contributed by atoms with Crippen LogP contribution >= 0.6 is 0 Å². The Kier molecular flexibility index (Phi) is 12.2. The number of carbonyl (C=O) groups excluding carboxylic acids is 4. The normalized spacial score (nSPS) is 33.7. The average Bonchev–Trinajstić information content (AvgIpc) is 3.59. The number of esters is 2. The molecule has 3 aromatic carbocycles. The van der Waals surface area contributed by atoms with Crippen molar-refractivity contribution in [3.8, 4) is 0 Å². The van der Waals surface area contributed by atoms with E-state index in [1.807, 2.05) is 18.2 Å². The van der Waals surface area contributed by atoms with Crippen LogP contribution in [0.3, 0.4) is 0 Å². The van der Waals surface area contributed by atoms with Crippen molar-refractivity contribution >= 4 is 29.8 Å². The lowest BCUT2D eigenvalue weighted by atomic mass is 9.52. The lowest BCUT2D eigenvalue weighted by Crippen LogP contribution is -2.69. The molecule has 11 unspecified atom stereocenters. The van der Waals surface area contributed by atoms with Gasteiger partial charge in [0.25, 0.3) is 5.91 Å². The summed E-state index contributed by atoms with van der Waals surface area (Å²) in [5, 5.41) is 17.6. The van der Waals surface area contributed by atoms with Gasteiger partial charge in [-0.15, -0.1) is 0 Å². The van der Waals surface area contributed by atoms with Crippen molar-refractivity contribution in [3.63, 3.8) is 0 Å². The van der Waals surface area contributed by atoms with Crippen LogP contribution in [0.15, 0.2) is 78.4 Å². The molecule has 14 heteroatoms. The number of ether oxygens (including phenoxy) is 5. The number of rotatable bonds is 12. The smallest absolute Gasteiger partial charge is 0.327 e. The van der Waals surface area contributed by atoms with E-state index in [0.717, 1.165) is 41.5 Å². The number of nitrogens with one attached hydrogen (secondary N) is 2. The number of hydrogen-bond donors (Lipinski definition) is 3. The molecule has 8 aliphatic rings. The summed E-state index contributed by atoms with van der Waals surface area (Å²) in [7, 11) is 0. The summed E-state index contributed by atoms with van der Waals surface area (Å²) in [5.74, 6) is -1.54. The van der Waals surface area contributed by atoms with E-state index in [2.05, 4.69) is 73.9 Å². The van der Waals surface area contributed by atoms with Crippen LogP contribution in [-0.4, -0.2) is 100 Å². The van der Waals surface area contributed by atoms with Gasteiger partial charge in [-0.1, -0.05) is 86.2 Å². The second kappa shape index (κ2) is 17.9. The van der Waals surface area contributed by atoms with Crippen molar-refractivity contribution in [3.05, 3.63) is 112 Å². The summed E-state index contributed by atoms with van der Waals surface area (Å²) in [4.78, 5) is 62.3. The Balaban J connectivity index is 0.824. The lowest BCUT2D eigenvalue weighted by molar-refractivity contribution is -0.217. The maximum atomic E-state index is 15.2. The van der Waals surface area contributed by atoms with Gasteiger partial charge in [-0.05, 0) is 123 Å². The van der Waals surface area contributed by atoms with E-state index in [4.69, 9.17) is 28.5 Å². The Hall–Kier alpha value is -4.96. The Bertz CT molecular complexity index is 2600. The third-order valence-corrected chi connectivity index (χ3v) is 17.1. The summed E-state index contributed by atoms with van der Waals surface area (Å²) >= 11 is 0. The first-order chi connectivity index (χ1) is 33.8. The fraction of sp³-hybridized carbons (Fsp3) is 0.579. The molecule has 3 saturated carbocycles. The number of aliphatic hydroxyl groups is 1. The molecule has 11 rings (SSSR count). The minimum Gasteiger partial charge on any atom is -0.460 e. The van der Waals surface area contributed by atoms with Crippen LogP contribution in [0.4, 0.5) is 0 Å². The number of hydroxylamine groups is 2. The monoisotopic (exact) mass is 971 g/mol. The fourth-order valence-electron chi connectivity index (χ4n) is 13.4. The number of carbonyl (C=O) groups is 4. The highest BCUT2D eigenvalue weighted by atomic mass is 16.8. The minimum atomic E-state index is -1.39. The van der Waals surface area contributed by atoms with Gasteiger partial charge in [0.05, 0.1) is 30.9 Å². The molecule has 2 amide bonds. The van der Waals surface area contributed by atoms with Crippen LogP contribution in [-0.2, 0) is 68.8 Å². The van der Waals surface area contributed by atoms with Gasteiger partial charge in [-0.2, -0.15) is 5.06 Å². The van der Waals surface area contributed by atoms with Crippen LogP contribution < -0.4 is 10.6 Å². The predicted octanol–water partition coefficient (Wildman–Crippen LogP) is 7.07. The van der Waals surface area contributed by atoms with Crippen molar-refractivity contribution in [2.75, 3.05) is 6.61 Å². The molecule has 378 valence electrons. The number of nitrogens with zero attached hydrogens (tertiary/aromatic N) is 1. The number of amides is 2. The quantitative estimate of drug-likeness (QED) is 0.125. The van der Waals surface area contributed by atoms with Gasteiger partial charge < -0.3 is 39.4 Å². The number of hydrogen-bond acceptors (Lipinski definition) is 12. The van der Waals surface area contributed by atoms with Crippen LogP contribution in [0.25, 0.3) is 6.08 Å². The predicted molar refractivity (Wildman–Crippen MR) is 261 cm³/mol. The largest absolute Gasteiger partial charge is 0.460 e. The van der Waals surface area contributed by atoms with Gasteiger partial charge in [0, 0.05) is 37.8 Å². The molecule has 0 radical (unpaired) electrons. The molecule has 4 saturated heterocycles. The standard InChI is InChI=1S/C57H69N3O11/c1-53(2,3)68-45(62)21-19-40(32-61)59-50(63)37-13-9-10-35(25-37)30-58-52(65)57-29-43-46-47(70-56(69-46)26-38-11-7-8-12-39(38)27-56)49(57)71-60(48(57)51(64)66-43)31-34-16-14-33(15-17-34)24-36-18-20-44-55(6,67-44)23-22-42-41(36)28-54(42,4)5/h7-17,24-25,40-44,46-49,61H,18-23,26-32H2,1-6H3,(H,58,65)(H,59,63). The highest BCUT2D eigenvalue weighted by Gasteiger charge is 2.76. The summed E-state index contributed by atoms with van der Waals surface area (Å²) in [6, 6.07) is 21.7. The van der Waals surface area contributed by atoms with E-state index in [9.17, 15) is 19.5 Å². The second-order valence-electron chi connectivity index (χ2n) is 23.6. The molecule has 11 atom stereocenters. The van der Waals surface area contributed by atoms with Crippen LogP contribution in [0, 0.1) is 22.7 Å². The molecule has 3 aromatic rings. The number of aliphatic hydroxyl groups excluding tert-OH is 1. The summed E-state index contributed by atoms with van der Waals surface area (Å²) in [6.07, 6.45) is 6.80. The highest BCUT2D eigenvalue weighted by Crippen LogP contribution is 2.61. The van der Waals surface area contributed by atoms with Gasteiger partial charge in [-0.3, -0.25) is 24.0 Å². The Labute approximate surface area is 416 Å². The van der Waals surface area contributed by atoms with Crippen LogP contribution in [0.2, 0.25) is 0 Å². The molecule has 3 N–H and O–H groups in total. The van der Waals surface area contributed by atoms with E-state index in [1.54, 1.807) is 44.0 Å². The number of benzene rings is 3. The first-order valence-corrected chi connectivity index (χ1v) is 25.9. The van der Waals surface area contributed by atoms with Gasteiger partial charge in [0.15, 0.2) is 11.8 Å². The van der Waals surface area contributed by atoms with Crippen molar-refractivity contribution < 1.29 is 52.8 Å². The van der Waals surface area contributed by atoms with Crippen LogP contribution in [0.5, 0.6) is 0 Å². The molecule has 71 heavy (non-hydrogen) atoms. The van der Waals surface area contributed by atoms with Gasteiger partial charge in [0.1, 0.15) is 35.4 Å². The molecule has 14 nitrogen and oxygen atoms in total. The average molecular weight is 972 g/mol. The molecule has 7 fully saturated rings. The zero-order valence-corrected chi connectivity index (χ0v) is 41.9. The molecule has 0 aromatic heterocycles. The Morgan fingerprint density at radius 1 is 0.915 bits per heavy atom. The Morgan fingerprint density at radius 3 is 2.38 bits per heavy atom. The molecule has 4 heterocycles. The van der Waals surface area contributed by atoms with Gasteiger partial charge >= 0.3 is 11.9 Å². The number of allylic oxidation sites excluding steroid dienone is 1. The molecular formula is C57H69N3O11. The SMILES string of the molecule is CC(C)(C)OC(=O)CCC(CO)NC(=O)c1cccc(CNC(=O)C23CC4OC(=O)C2N(Cc2ccc(C=C5CCC6OC6(C)CCC6C5CC6(C)C)cc2)OC3C2OC3(Cc5ccccc5C3)OC42)c1. The first-order valence-electron chi connectivity index (χ1n) is 25.9. The van der Waals surface area contributed by atoms with Crippen molar-refractivity contribution in [2.45, 2.75) is 178 Å². The van der Waals surface area contributed by atoms with E-state index in [0.29, 0.717) is 47.3 Å². The summed E-state index contributed by atoms with van der Waals surface area (Å²) in [6.45, 7) is 12.4. The first kappa shape index (κ1) is 48.3. The van der Waals surface area contributed by atoms with E-state index in [-0.39, 0.29) is 50.5 Å². The Morgan fingerprint density at radius 2 is 1.66 bits per heavy atom. The highest BCUT2D eigenvalue weighted by molar-refractivity contribution is 5.95. The number of fused-ring (bicyclic) bond motifs is 7.